The molecule has 0 aliphatic carbocycles. The van der Waals surface area contributed by atoms with Crippen molar-refractivity contribution in [1.29, 1.82) is 0 Å². The molecule has 2 aliphatic rings. The summed E-state index contributed by atoms with van der Waals surface area (Å²) in [6.45, 7) is 9.15. The number of nitrogens with zero attached hydrogens (tertiary/aromatic N) is 5. The number of carbonyl (C=O) groups is 4. The summed E-state index contributed by atoms with van der Waals surface area (Å²) in [5, 5.41) is 2.87. The molecule has 3 aromatic rings. The number of hydrogen-bond acceptors (Lipinski definition) is 9. The lowest BCUT2D eigenvalue weighted by molar-refractivity contribution is -0.156. The van der Waals surface area contributed by atoms with Crippen molar-refractivity contribution in [2.24, 2.45) is 5.73 Å². The molecule has 3 heterocycles. The highest BCUT2D eigenvalue weighted by Gasteiger charge is 2.32. The van der Waals surface area contributed by atoms with Crippen LogP contribution in [0, 0.1) is 0 Å². The lowest BCUT2D eigenvalue weighted by atomic mass is 10.1. The number of hydrogen-bond donors (Lipinski definition) is 2. The van der Waals surface area contributed by atoms with Crippen LogP contribution >= 0.6 is 0 Å². The number of anilines is 4. The van der Waals surface area contributed by atoms with Crippen molar-refractivity contribution in [3.63, 3.8) is 0 Å². The monoisotopic (exact) mass is 613 g/mol. The van der Waals surface area contributed by atoms with Crippen molar-refractivity contribution >= 4 is 47.1 Å². The van der Waals surface area contributed by atoms with Crippen LogP contribution in [-0.2, 0) is 25.7 Å². The summed E-state index contributed by atoms with van der Waals surface area (Å²) < 4.78 is 5.33. The zero-order chi connectivity index (χ0) is 32.1. The van der Waals surface area contributed by atoms with E-state index in [1.54, 1.807) is 68.3 Å². The largest absolute Gasteiger partial charge is 0.459 e. The number of rotatable bonds is 9. The van der Waals surface area contributed by atoms with Crippen molar-refractivity contribution in [3.8, 4) is 0 Å². The first-order chi connectivity index (χ1) is 21.5. The maximum Gasteiger partial charge on any atom is 0.325 e. The molecule has 45 heavy (non-hydrogen) atoms. The van der Waals surface area contributed by atoms with Crippen LogP contribution in [-0.4, -0.2) is 89.9 Å². The second-order valence-corrected chi connectivity index (χ2v) is 12.2. The van der Waals surface area contributed by atoms with Crippen molar-refractivity contribution in [2.75, 3.05) is 54.4 Å². The minimum Gasteiger partial charge on any atom is -0.459 e. The first-order valence-corrected chi connectivity index (χ1v) is 14.9. The smallest absolute Gasteiger partial charge is 0.325 e. The molecule has 2 aliphatic heterocycles. The standard InChI is InChI=1S/C33H39N7O5/c1-33(2,3)45-32(44)26(34)20-39(22-41)24-12-10-23(11-13-24)19-37-15-17-38(18-16-37)21-29(42)40-28-9-5-4-7-25(28)31(43)36-27-8-6-14-35-30(27)40/h4-14,22,26H,15-21,34H2,1-3H3,(H,36,43). The second-order valence-electron chi connectivity index (χ2n) is 12.2. The number of amides is 3. The lowest BCUT2D eigenvalue weighted by Gasteiger charge is -2.35. The molecule has 12 heteroatoms. The van der Waals surface area contributed by atoms with E-state index in [-0.39, 0.29) is 24.9 Å². The van der Waals surface area contributed by atoms with Crippen molar-refractivity contribution in [3.05, 3.63) is 78.0 Å². The van der Waals surface area contributed by atoms with Gasteiger partial charge in [0.1, 0.15) is 11.6 Å². The summed E-state index contributed by atoms with van der Waals surface area (Å²) in [4.78, 5) is 62.4. The highest BCUT2D eigenvalue weighted by Crippen LogP contribution is 2.36. The summed E-state index contributed by atoms with van der Waals surface area (Å²) in [5.41, 5.74) is 8.48. The number of nitrogens with two attached hydrogens (primary N) is 1. The van der Waals surface area contributed by atoms with Crippen LogP contribution in [0.1, 0.15) is 36.7 Å². The number of para-hydroxylation sites is 1. The van der Waals surface area contributed by atoms with Gasteiger partial charge in [-0.15, -0.1) is 0 Å². The Kier molecular flexibility index (Phi) is 9.57. The minimum absolute atomic E-state index is 0.00984. The van der Waals surface area contributed by atoms with Gasteiger partial charge in [0.25, 0.3) is 5.91 Å². The summed E-state index contributed by atoms with van der Waals surface area (Å²) in [6, 6.07) is 17.2. The van der Waals surface area contributed by atoms with Gasteiger partial charge >= 0.3 is 5.97 Å². The fourth-order valence-electron chi connectivity index (χ4n) is 5.38. The van der Waals surface area contributed by atoms with E-state index in [4.69, 9.17) is 10.5 Å². The third-order valence-corrected chi connectivity index (χ3v) is 7.61. The van der Waals surface area contributed by atoms with Crippen LogP contribution < -0.4 is 20.9 Å². The van der Waals surface area contributed by atoms with E-state index in [2.05, 4.69) is 20.1 Å². The molecular weight excluding hydrogens is 574 g/mol. The van der Waals surface area contributed by atoms with E-state index in [0.29, 0.717) is 54.5 Å². The van der Waals surface area contributed by atoms with E-state index >= 15 is 0 Å². The topological polar surface area (TPSA) is 141 Å². The number of fused-ring (bicyclic) bond motifs is 2. The van der Waals surface area contributed by atoms with Crippen LogP contribution in [0.3, 0.4) is 0 Å². The predicted octanol–water partition coefficient (Wildman–Crippen LogP) is 2.76. The summed E-state index contributed by atoms with van der Waals surface area (Å²) in [7, 11) is 0. The molecule has 1 atom stereocenters. The summed E-state index contributed by atoms with van der Waals surface area (Å²) in [6.07, 6.45) is 2.27. The molecule has 1 aromatic heterocycles. The third-order valence-electron chi connectivity index (χ3n) is 7.61. The number of aromatic nitrogens is 1. The average molecular weight is 614 g/mol. The Bertz CT molecular complexity index is 1550. The van der Waals surface area contributed by atoms with E-state index in [1.807, 2.05) is 24.3 Å². The van der Waals surface area contributed by atoms with Gasteiger partial charge in [0.2, 0.25) is 12.3 Å². The van der Waals surface area contributed by atoms with Gasteiger partial charge in [0, 0.05) is 44.6 Å². The molecule has 3 amide bonds. The number of esters is 1. The zero-order valence-electron chi connectivity index (χ0n) is 25.8. The molecule has 3 N–H and O–H groups in total. The molecule has 1 unspecified atom stereocenters. The Balaban J connectivity index is 1.16. The summed E-state index contributed by atoms with van der Waals surface area (Å²) >= 11 is 0. The maximum atomic E-state index is 13.7. The van der Waals surface area contributed by atoms with Gasteiger partial charge in [-0.05, 0) is 62.7 Å². The first kappa shape index (κ1) is 31.8. The maximum absolute atomic E-state index is 13.7. The molecule has 1 saturated heterocycles. The molecule has 236 valence electrons. The molecule has 2 aromatic carbocycles. The number of carbonyl (C=O) groups excluding carboxylic acids is 4. The first-order valence-electron chi connectivity index (χ1n) is 14.9. The van der Waals surface area contributed by atoms with Gasteiger partial charge in [0.15, 0.2) is 5.82 Å². The molecule has 0 radical (unpaired) electrons. The van der Waals surface area contributed by atoms with E-state index < -0.39 is 17.6 Å². The number of piperazine rings is 1. The van der Waals surface area contributed by atoms with E-state index in [0.717, 1.165) is 18.7 Å². The van der Waals surface area contributed by atoms with Crippen LogP contribution in [0.15, 0.2) is 66.9 Å². The zero-order valence-corrected chi connectivity index (χ0v) is 25.8. The summed E-state index contributed by atoms with van der Waals surface area (Å²) in [5.74, 6) is -0.589. The fourth-order valence-corrected chi connectivity index (χ4v) is 5.38. The average Bonchev–Trinajstić information content (AvgIpc) is 3.14. The highest BCUT2D eigenvalue weighted by atomic mass is 16.6. The van der Waals surface area contributed by atoms with Crippen LogP contribution in [0.25, 0.3) is 0 Å². The quantitative estimate of drug-likeness (QED) is 0.275. The Morgan fingerprint density at radius 3 is 2.40 bits per heavy atom. The molecule has 1 fully saturated rings. The van der Waals surface area contributed by atoms with Crippen LogP contribution in [0.4, 0.5) is 22.9 Å². The van der Waals surface area contributed by atoms with Gasteiger partial charge in [-0.3, -0.25) is 33.9 Å². The number of nitrogens with one attached hydrogen (secondary N) is 1. The highest BCUT2D eigenvalue weighted by molar-refractivity contribution is 6.17. The van der Waals surface area contributed by atoms with Crippen molar-refractivity contribution in [1.82, 2.24) is 14.8 Å². The SMILES string of the molecule is CC(C)(C)OC(=O)C(N)CN(C=O)c1ccc(CN2CCN(CC(=O)N3c4ccccc4C(=O)Nc4cccnc43)CC2)cc1. The van der Waals surface area contributed by atoms with E-state index in [9.17, 15) is 19.2 Å². The molecule has 5 rings (SSSR count). The van der Waals surface area contributed by atoms with Crippen LogP contribution in [0.2, 0.25) is 0 Å². The predicted molar refractivity (Wildman–Crippen MR) is 171 cm³/mol. The second kappa shape index (κ2) is 13.6. The number of benzene rings is 2. The Hall–Kier alpha value is -4.65. The normalized spacial score (nSPS) is 16.1. The van der Waals surface area contributed by atoms with Crippen molar-refractivity contribution in [2.45, 2.75) is 39.0 Å². The number of pyridine rings is 1. The minimum atomic E-state index is -0.962. The fraction of sp³-hybridized carbons (Fsp3) is 0.364. The lowest BCUT2D eigenvalue weighted by Crippen LogP contribution is -2.49. The number of ether oxygens (including phenoxy) is 1. The molecule has 0 spiro atoms. The molecule has 12 nitrogen and oxygen atoms in total. The van der Waals surface area contributed by atoms with Gasteiger partial charge in [-0.1, -0.05) is 24.3 Å². The Morgan fingerprint density at radius 2 is 1.71 bits per heavy atom. The third kappa shape index (κ3) is 7.72. The molecule has 0 bridgehead atoms. The van der Waals surface area contributed by atoms with Gasteiger partial charge in [-0.2, -0.15) is 0 Å². The van der Waals surface area contributed by atoms with Crippen LogP contribution in [0.5, 0.6) is 0 Å². The Morgan fingerprint density at radius 1 is 1.02 bits per heavy atom. The van der Waals surface area contributed by atoms with Crippen molar-refractivity contribution < 1.29 is 23.9 Å². The van der Waals surface area contributed by atoms with E-state index in [1.165, 1.54) is 4.90 Å². The van der Waals surface area contributed by atoms with Gasteiger partial charge in [-0.25, -0.2) is 4.98 Å². The Labute approximate surface area is 262 Å². The van der Waals surface area contributed by atoms with Gasteiger partial charge < -0.3 is 20.7 Å². The molecular formula is C33H39N7O5. The molecule has 0 saturated carbocycles. The van der Waals surface area contributed by atoms with Gasteiger partial charge in [0.05, 0.1) is 30.0 Å².